The molecule has 4 heteroatoms. The van der Waals surface area contributed by atoms with Gasteiger partial charge in [-0.1, -0.05) is 25.7 Å². The van der Waals surface area contributed by atoms with E-state index in [1.807, 2.05) is 0 Å². The van der Waals surface area contributed by atoms with E-state index < -0.39 is 0 Å². The molecule has 4 nitrogen and oxygen atoms in total. The summed E-state index contributed by atoms with van der Waals surface area (Å²) in [5, 5.41) is 3.42. The van der Waals surface area contributed by atoms with Gasteiger partial charge in [0.15, 0.2) is 5.96 Å². The number of hydrogen-bond donors (Lipinski definition) is 2. The van der Waals surface area contributed by atoms with E-state index in [4.69, 9.17) is 5.73 Å². The largest absolute Gasteiger partial charge is 0.370 e. The zero-order valence-corrected chi connectivity index (χ0v) is 13.3. The van der Waals surface area contributed by atoms with E-state index in [1.165, 1.54) is 51.4 Å². The maximum absolute atomic E-state index is 6.03. The van der Waals surface area contributed by atoms with Gasteiger partial charge in [0.25, 0.3) is 0 Å². The Balaban J connectivity index is 1.69. The molecule has 2 saturated carbocycles. The van der Waals surface area contributed by atoms with Crippen LogP contribution in [0, 0.1) is 0 Å². The van der Waals surface area contributed by atoms with Gasteiger partial charge in [-0.05, 0) is 39.5 Å². The molecule has 0 bridgehead atoms. The van der Waals surface area contributed by atoms with E-state index in [0.717, 1.165) is 19.1 Å². The molecule has 0 unspecified atom stereocenters. The topological polar surface area (TPSA) is 53.6 Å². The zero-order valence-electron chi connectivity index (χ0n) is 13.3. The first kappa shape index (κ1) is 15.6. The van der Waals surface area contributed by atoms with Crippen molar-refractivity contribution in [2.75, 3.05) is 13.1 Å². The first-order valence-electron chi connectivity index (χ1n) is 8.49. The van der Waals surface area contributed by atoms with Crippen LogP contribution in [0.25, 0.3) is 0 Å². The Morgan fingerprint density at radius 2 is 1.80 bits per heavy atom. The zero-order chi connectivity index (χ0) is 14.4. The van der Waals surface area contributed by atoms with Crippen molar-refractivity contribution in [3.8, 4) is 0 Å². The van der Waals surface area contributed by atoms with Crippen LogP contribution in [-0.4, -0.2) is 42.1 Å². The Kier molecular flexibility index (Phi) is 6.14. The summed E-state index contributed by atoms with van der Waals surface area (Å²) in [7, 11) is 0. The first-order chi connectivity index (χ1) is 9.66. The lowest BCUT2D eigenvalue weighted by atomic mass is 10.1. The monoisotopic (exact) mass is 280 g/mol. The summed E-state index contributed by atoms with van der Waals surface area (Å²) >= 11 is 0. The average Bonchev–Trinajstić information content (AvgIpc) is 3.21. The maximum Gasteiger partial charge on any atom is 0.188 e. The smallest absolute Gasteiger partial charge is 0.188 e. The number of rotatable bonds is 6. The fraction of sp³-hybridized carbons (Fsp3) is 0.938. The molecule has 2 fully saturated rings. The molecule has 2 rings (SSSR count). The summed E-state index contributed by atoms with van der Waals surface area (Å²) in [6, 6.07) is 1.97. The van der Waals surface area contributed by atoms with E-state index in [-0.39, 0.29) is 0 Å². The van der Waals surface area contributed by atoms with Gasteiger partial charge in [-0.3, -0.25) is 9.89 Å². The molecule has 0 aromatic carbocycles. The van der Waals surface area contributed by atoms with E-state index >= 15 is 0 Å². The molecule has 3 N–H and O–H groups in total. The molecule has 2 aliphatic rings. The number of aliphatic imine (C=N–C) groups is 1. The Morgan fingerprint density at radius 1 is 1.15 bits per heavy atom. The second-order valence-electron chi connectivity index (χ2n) is 6.66. The molecule has 116 valence electrons. The van der Waals surface area contributed by atoms with Crippen LogP contribution in [0.5, 0.6) is 0 Å². The summed E-state index contributed by atoms with van der Waals surface area (Å²) in [4.78, 5) is 7.08. The number of nitrogens with zero attached hydrogens (tertiary/aromatic N) is 2. The molecular weight excluding hydrogens is 248 g/mol. The number of hydrogen-bond acceptors (Lipinski definition) is 2. The molecule has 0 radical (unpaired) electrons. The lowest BCUT2D eigenvalue weighted by molar-refractivity contribution is 0.218. The van der Waals surface area contributed by atoms with Gasteiger partial charge in [0.1, 0.15) is 0 Å². The van der Waals surface area contributed by atoms with Crippen molar-refractivity contribution in [2.45, 2.75) is 83.3 Å². The summed E-state index contributed by atoms with van der Waals surface area (Å²) in [5.74, 6) is 0.649. The van der Waals surface area contributed by atoms with Crippen LogP contribution in [0.1, 0.15) is 65.2 Å². The minimum Gasteiger partial charge on any atom is -0.370 e. The normalized spacial score (nSPS) is 22.3. The number of nitrogens with one attached hydrogen (secondary N) is 1. The molecule has 0 saturated heterocycles. The van der Waals surface area contributed by atoms with Crippen LogP contribution in [-0.2, 0) is 0 Å². The van der Waals surface area contributed by atoms with Crippen LogP contribution >= 0.6 is 0 Å². The SMILES string of the molecule is CC(C)N(CCN=C(N)NC1CCCCCC1)C1CC1. The van der Waals surface area contributed by atoms with Crippen molar-refractivity contribution in [3.63, 3.8) is 0 Å². The van der Waals surface area contributed by atoms with Gasteiger partial charge >= 0.3 is 0 Å². The Labute approximate surface area is 124 Å². The van der Waals surface area contributed by atoms with E-state index in [0.29, 0.717) is 18.0 Å². The minimum absolute atomic E-state index is 0.547. The molecule has 0 aromatic rings. The number of guanidine groups is 1. The highest BCUT2D eigenvalue weighted by molar-refractivity contribution is 5.78. The summed E-state index contributed by atoms with van der Waals surface area (Å²) < 4.78 is 0. The van der Waals surface area contributed by atoms with Crippen LogP contribution < -0.4 is 11.1 Å². The summed E-state index contributed by atoms with van der Waals surface area (Å²) in [6.07, 6.45) is 10.6. The van der Waals surface area contributed by atoms with Crippen molar-refractivity contribution >= 4 is 5.96 Å². The molecule has 0 amide bonds. The lowest BCUT2D eigenvalue weighted by Crippen LogP contribution is -2.41. The highest BCUT2D eigenvalue weighted by Crippen LogP contribution is 2.28. The maximum atomic E-state index is 6.03. The molecule has 0 aliphatic heterocycles. The highest BCUT2D eigenvalue weighted by atomic mass is 15.2. The molecule has 2 aliphatic carbocycles. The van der Waals surface area contributed by atoms with Gasteiger partial charge in [-0.2, -0.15) is 0 Å². The van der Waals surface area contributed by atoms with Gasteiger partial charge in [-0.15, -0.1) is 0 Å². The second-order valence-corrected chi connectivity index (χ2v) is 6.66. The van der Waals surface area contributed by atoms with Crippen LogP contribution in [0.4, 0.5) is 0 Å². The van der Waals surface area contributed by atoms with Crippen molar-refractivity contribution < 1.29 is 0 Å². The fourth-order valence-corrected chi connectivity index (χ4v) is 3.23. The summed E-state index contributed by atoms with van der Waals surface area (Å²) in [6.45, 7) is 6.40. The van der Waals surface area contributed by atoms with Gasteiger partial charge < -0.3 is 11.1 Å². The van der Waals surface area contributed by atoms with Crippen molar-refractivity contribution in [2.24, 2.45) is 10.7 Å². The number of nitrogens with two attached hydrogens (primary N) is 1. The van der Waals surface area contributed by atoms with E-state index in [2.05, 4.69) is 29.1 Å². The van der Waals surface area contributed by atoms with Gasteiger partial charge in [-0.25, -0.2) is 0 Å². The Hall–Kier alpha value is -0.770. The van der Waals surface area contributed by atoms with Crippen LogP contribution in [0.3, 0.4) is 0 Å². The minimum atomic E-state index is 0.547. The third-order valence-electron chi connectivity index (χ3n) is 4.53. The van der Waals surface area contributed by atoms with Gasteiger partial charge in [0.2, 0.25) is 0 Å². The Morgan fingerprint density at radius 3 is 2.35 bits per heavy atom. The molecule has 20 heavy (non-hydrogen) atoms. The third kappa shape index (κ3) is 5.31. The average molecular weight is 280 g/mol. The second kappa shape index (κ2) is 7.87. The molecular formula is C16H32N4. The highest BCUT2D eigenvalue weighted by Gasteiger charge is 2.29. The lowest BCUT2D eigenvalue weighted by Gasteiger charge is -2.25. The van der Waals surface area contributed by atoms with Crippen molar-refractivity contribution in [3.05, 3.63) is 0 Å². The van der Waals surface area contributed by atoms with Gasteiger partial charge in [0.05, 0.1) is 6.54 Å². The fourth-order valence-electron chi connectivity index (χ4n) is 3.23. The van der Waals surface area contributed by atoms with E-state index in [9.17, 15) is 0 Å². The third-order valence-corrected chi connectivity index (χ3v) is 4.53. The van der Waals surface area contributed by atoms with Crippen LogP contribution in [0.15, 0.2) is 4.99 Å². The standard InChI is InChI=1S/C16H32N4/c1-13(2)20(15-9-10-15)12-11-18-16(17)19-14-7-5-3-4-6-8-14/h13-15H,3-12H2,1-2H3,(H3,17,18,19). The Bertz CT molecular complexity index is 300. The predicted molar refractivity (Wildman–Crippen MR) is 86.0 cm³/mol. The van der Waals surface area contributed by atoms with Crippen molar-refractivity contribution in [1.82, 2.24) is 10.2 Å². The van der Waals surface area contributed by atoms with Gasteiger partial charge in [0, 0.05) is 24.7 Å². The summed E-state index contributed by atoms with van der Waals surface area (Å²) in [5.41, 5.74) is 6.03. The first-order valence-corrected chi connectivity index (χ1v) is 8.49. The van der Waals surface area contributed by atoms with Crippen molar-refractivity contribution in [1.29, 1.82) is 0 Å². The molecule has 0 spiro atoms. The predicted octanol–water partition coefficient (Wildman–Crippen LogP) is 2.49. The molecule has 0 aromatic heterocycles. The quantitative estimate of drug-likeness (QED) is 0.446. The molecule has 0 atom stereocenters. The van der Waals surface area contributed by atoms with E-state index in [1.54, 1.807) is 0 Å². The van der Waals surface area contributed by atoms with Crippen LogP contribution in [0.2, 0.25) is 0 Å². The molecule has 0 heterocycles.